The van der Waals surface area contributed by atoms with E-state index in [1.165, 1.54) is 0 Å². The third-order valence-corrected chi connectivity index (χ3v) is 4.27. The van der Waals surface area contributed by atoms with Gasteiger partial charge in [-0.25, -0.2) is 0 Å². The number of aliphatic carboxylic acids is 2. The summed E-state index contributed by atoms with van der Waals surface area (Å²) >= 11 is 0. The van der Waals surface area contributed by atoms with Crippen LogP contribution in [0.4, 0.5) is 0 Å². The van der Waals surface area contributed by atoms with Crippen LogP contribution in [0.3, 0.4) is 0 Å². The standard InChI is InChI=1S/C22H20N2O6/c25-21(26)13-23-11-3-1-5-17(23)15-29-19-7-9-20(10-8-19)30-16-18-6-2-4-12-24(18)14-22(27)28/h1-12H,13-16H2. The van der Waals surface area contributed by atoms with Gasteiger partial charge in [-0.15, -0.1) is 0 Å². The quantitative estimate of drug-likeness (QED) is 0.395. The molecule has 1 aromatic carbocycles. The molecule has 0 saturated heterocycles. The van der Waals surface area contributed by atoms with Crippen molar-refractivity contribution in [2.75, 3.05) is 0 Å². The number of aromatic nitrogens is 2. The molecule has 0 radical (unpaired) electrons. The molecule has 0 spiro atoms. The zero-order valence-corrected chi connectivity index (χ0v) is 16.1. The number of hydrogen-bond acceptors (Lipinski definition) is 6. The first-order valence-electron chi connectivity index (χ1n) is 9.21. The Morgan fingerprint density at radius 1 is 0.667 bits per heavy atom. The summed E-state index contributed by atoms with van der Waals surface area (Å²) in [6, 6.07) is 17.6. The van der Waals surface area contributed by atoms with Crippen LogP contribution in [0.2, 0.25) is 0 Å². The van der Waals surface area contributed by atoms with Crippen LogP contribution >= 0.6 is 0 Å². The lowest BCUT2D eigenvalue weighted by molar-refractivity contribution is -0.699. The van der Waals surface area contributed by atoms with E-state index in [0.717, 1.165) is 0 Å². The lowest BCUT2D eigenvalue weighted by Crippen LogP contribution is -2.46. The number of pyridine rings is 2. The number of hydrogen-bond donors (Lipinski definition) is 0. The first-order chi connectivity index (χ1) is 14.5. The molecule has 3 aromatic rings. The second-order valence-corrected chi connectivity index (χ2v) is 6.43. The van der Waals surface area contributed by atoms with Gasteiger partial charge in [0.2, 0.25) is 11.4 Å². The van der Waals surface area contributed by atoms with Crippen molar-refractivity contribution < 1.29 is 38.4 Å². The minimum absolute atomic E-state index is 0.196. The van der Waals surface area contributed by atoms with Gasteiger partial charge in [0.1, 0.15) is 23.4 Å². The molecule has 2 heterocycles. The third kappa shape index (κ3) is 6.03. The second kappa shape index (κ2) is 10.0. The summed E-state index contributed by atoms with van der Waals surface area (Å²) in [5.41, 5.74) is 1.40. The number of carbonyl (C=O) groups is 2. The summed E-state index contributed by atoms with van der Waals surface area (Å²) in [6.45, 7) is -0.101. The Bertz CT molecular complexity index is 938. The lowest BCUT2D eigenvalue weighted by Gasteiger charge is -2.09. The lowest BCUT2D eigenvalue weighted by atomic mass is 10.3. The Morgan fingerprint density at radius 2 is 1.07 bits per heavy atom. The van der Waals surface area contributed by atoms with E-state index in [1.807, 2.05) is 0 Å². The SMILES string of the molecule is O=C([O-])C[n+]1ccccc1COc1ccc(OCc2cccc[n+]2CC(=O)[O-])cc1. The fourth-order valence-electron chi connectivity index (χ4n) is 2.82. The number of carboxylic acids is 2. The molecule has 0 fully saturated rings. The molecule has 3 rings (SSSR count). The third-order valence-electron chi connectivity index (χ3n) is 4.27. The molecule has 0 amide bonds. The van der Waals surface area contributed by atoms with Gasteiger partial charge in [0, 0.05) is 24.3 Å². The van der Waals surface area contributed by atoms with E-state index in [1.54, 1.807) is 82.2 Å². The fraction of sp³-hybridized carbons (Fsp3) is 0.182. The van der Waals surface area contributed by atoms with Crippen molar-refractivity contribution in [2.24, 2.45) is 0 Å². The van der Waals surface area contributed by atoms with Gasteiger partial charge in [0.25, 0.3) is 0 Å². The van der Waals surface area contributed by atoms with Crippen LogP contribution in [-0.4, -0.2) is 11.9 Å². The van der Waals surface area contributed by atoms with Gasteiger partial charge in [-0.1, -0.05) is 0 Å². The van der Waals surface area contributed by atoms with Gasteiger partial charge in [0.15, 0.2) is 38.7 Å². The average molecular weight is 408 g/mol. The molecule has 8 heteroatoms. The molecule has 0 unspecified atom stereocenters. The molecule has 0 atom stereocenters. The van der Waals surface area contributed by atoms with Crippen molar-refractivity contribution in [1.29, 1.82) is 0 Å². The minimum Gasteiger partial charge on any atom is -0.544 e. The van der Waals surface area contributed by atoms with Crippen LogP contribution in [-0.2, 0) is 35.9 Å². The summed E-state index contributed by atoms with van der Waals surface area (Å²) in [5.74, 6) is -1.16. The van der Waals surface area contributed by atoms with Gasteiger partial charge in [-0.2, -0.15) is 9.13 Å². The summed E-state index contributed by atoms with van der Waals surface area (Å²) in [4.78, 5) is 21.7. The van der Waals surface area contributed by atoms with Crippen LogP contribution in [0.1, 0.15) is 11.4 Å². The van der Waals surface area contributed by atoms with E-state index in [9.17, 15) is 19.8 Å². The van der Waals surface area contributed by atoms with E-state index in [0.29, 0.717) is 22.9 Å². The zero-order valence-electron chi connectivity index (χ0n) is 16.1. The summed E-state index contributed by atoms with van der Waals surface area (Å²) in [6.07, 6.45) is 3.31. The van der Waals surface area contributed by atoms with Crippen LogP contribution in [0, 0.1) is 0 Å². The average Bonchev–Trinajstić information content (AvgIpc) is 2.72. The first-order valence-corrected chi connectivity index (χ1v) is 9.21. The zero-order chi connectivity index (χ0) is 21.3. The van der Waals surface area contributed by atoms with Gasteiger partial charge < -0.3 is 29.3 Å². The van der Waals surface area contributed by atoms with Crippen molar-refractivity contribution in [3.05, 3.63) is 84.4 Å². The highest BCUT2D eigenvalue weighted by Gasteiger charge is 2.12. The molecule has 0 aliphatic rings. The molecule has 0 N–H and O–H groups in total. The van der Waals surface area contributed by atoms with Crippen molar-refractivity contribution in [3.8, 4) is 11.5 Å². The number of nitrogens with zero attached hydrogens (tertiary/aromatic N) is 2. The summed E-state index contributed by atoms with van der Waals surface area (Å²) in [5, 5.41) is 21.7. The van der Waals surface area contributed by atoms with Crippen molar-refractivity contribution in [2.45, 2.75) is 26.3 Å². The van der Waals surface area contributed by atoms with E-state index in [-0.39, 0.29) is 26.3 Å². The number of carbonyl (C=O) groups excluding carboxylic acids is 2. The molecule has 0 saturated carbocycles. The predicted octanol–water partition coefficient (Wildman–Crippen LogP) is -1.08. The Kier molecular flexibility index (Phi) is 6.94. The first kappa shape index (κ1) is 20.8. The fourth-order valence-corrected chi connectivity index (χ4v) is 2.82. The number of ether oxygens (including phenoxy) is 2. The van der Waals surface area contributed by atoms with Crippen LogP contribution in [0.25, 0.3) is 0 Å². The maximum absolute atomic E-state index is 10.8. The molecule has 30 heavy (non-hydrogen) atoms. The summed E-state index contributed by atoms with van der Waals surface area (Å²) < 4.78 is 14.6. The largest absolute Gasteiger partial charge is 0.544 e. The van der Waals surface area contributed by atoms with E-state index < -0.39 is 11.9 Å². The molecule has 2 aromatic heterocycles. The van der Waals surface area contributed by atoms with Gasteiger partial charge in [-0.3, -0.25) is 0 Å². The maximum atomic E-state index is 10.8. The van der Waals surface area contributed by atoms with E-state index >= 15 is 0 Å². The number of carboxylic acid groups (broad SMARTS) is 2. The highest BCUT2D eigenvalue weighted by atomic mass is 16.5. The normalized spacial score (nSPS) is 10.4. The molecule has 0 bridgehead atoms. The molecular formula is C22H20N2O6. The number of rotatable bonds is 10. The van der Waals surface area contributed by atoms with Gasteiger partial charge in [0.05, 0.1) is 0 Å². The Morgan fingerprint density at radius 3 is 1.43 bits per heavy atom. The smallest absolute Gasteiger partial charge is 0.219 e. The Labute approximate surface area is 173 Å². The number of benzene rings is 1. The highest BCUT2D eigenvalue weighted by molar-refractivity contribution is 5.62. The van der Waals surface area contributed by atoms with Crippen LogP contribution < -0.4 is 28.8 Å². The monoisotopic (exact) mass is 408 g/mol. The van der Waals surface area contributed by atoms with Gasteiger partial charge >= 0.3 is 0 Å². The molecule has 0 aliphatic heterocycles. The highest BCUT2D eigenvalue weighted by Crippen LogP contribution is 2.19. The molecule has 0 aliphatic carbocycles. The van der Waals surface area contributed by atoms with Crippen molar-refractivity contribution in [1.82, 2.24) is 0 Å². The van der Waals surface area contributed by atoms with E-state index in [2.05, 4.69) is 0 Å². The molecule has 154 valence electrons. The predicted molar refractivity (Wildman–Crippen MR) is 98.4 cm³/mol. The topological polar surface area (TPSA) is 106 Å². The summed E-state index contributed by atoms with van der Waals surface area (Å²) in [7, 11) is 0. The Hall–Kier alpha value is -3.94. The molecule has 8 nitrogen and oxygen atoms in total. The van der Waals surface area contributed by atoms with Crippen LogP contribution in [0.15, 0.2) is 73.1 Å². The minimum atomic E-state index is -1.17. The van der Waals surface area contributed by atoms with Crippen molar-refractivity contribution >= 4 is 11.9 Å². The van der Waals surface area contributed by atoms with Crippen molar-refractivity contribution in [3.63, 3.8) is 0 Å². The van der Waals surface area contributed by atoms with E-state index in [4.69, 9.17) is 9.47 Å². The maximum Gasteiger partial charge on any atom is 0.219 e. The molecular weight excluding hydrogens is 388 g/mol. The Balaban J connectivity index is 1.58. The van der Waals surface area contributed by atoms with Gasteiger partial charge in [-0.05, 0) is 36.4 Å². The second-order valence-electron chi connectivity index (χ2n) is 6.43. The van der Waals surface area contributed by atoms with Crippen LogP contribution in [0.5, 0.6) is 11.5 Å².